The number of fused-ring (bicyclic) bond motifs is 2. The second kappa shape index (κ2) is 4.00. The van der Waals surface area contributed by atoms with Crippen LogP contribution in [-0.2, 0) is 7.05 Å². The largest absolute Gasteiger partial charge is 0.284 e. The molecular weight excluding hydrogens is 320 g/mol. The highest BCUT2D eigenvalue weighted by molar-refractivity contribution is 9.10. The standard InChI is InChI=1S/C11H6BrClN4O/c1-17-11-8(9(18)10(12)16-17)14-7-4-5(13)2-3-6(7)15-11/h2-4H,1H3. The molecule has 3 rings (SSSR count). The third-order valence-corrected chi connectivity index (χ3v) is 3.31. The molecular formula is C11H6BrClN4O. The number of aromatic nitrogens is 4. The minimum absolute atomic E-state index is 0.216. The number of benzene rings is 1. The Labute approximate surface area is 115 Å². The van der Waals surface area contributed by atoms with Crippen LogP contribution < -0.4 is 5.43 Å². The van der Waals surface area contributed by atoms with Crippen LogP contribution in [0.25, 0.3) is 22.2 Å². The van der Waals surface area contributed by atoms with Crippen LogP contribution in [0, 0.1) is 0 Å². The van der Waals surface area contributed by atoms with Crippen molar-refractivity contribution in [3.8, 4) is 0 Å². The zero-order valence-corrected chi connectivity index (χ0v) is 11.5. The average Bonchev–Trinajstić information content (AvgIpc) is 2.34. The highest BCUT2D eigenvalue weighted by Gasteiger charge is 2.11. The maximum atomic E-state index is 12.0. The summed E-state index contributed by atoms with van der Waals surface area (Å²) in [5.41, 5.74) is 1.70. The minimum atomic E-state index is -0.280. The van der Waals surface area contributed by atoms with E-state index in [1.165, 1.54) is 4.68 Å². The molecule has 1 aromatic carbocycles. The normalized spacial score (nSPS) is 11.3. The molecule has 0 aliphatic rings. The second-order valence-corrected chi connectivity index (χ2v) is 4.96. The summed E-state index contributed by atoms with van der Waals surface area (Å²) in [5.74, 6) is 0. The predicted octanol–water partition coefficient (Wildman–Crippen LogP) is 2.29. The lowest BCUT2D eigenvalue weighted by Gasteiger charge is -2.05. The third-order valence-electron chi connectivity index (χ3n) is 2.55. The Morgan fingerprint density at radius 3 is 2.83 bits per heavy atom. The summed E-state index contributed by atoms with van der Waals surface area (Å²) < 4.78 is 1.73. The Bertz CT molecular complexity index is 846. The van der Waals surface area contributed by atoms with Gasteiger partial charge in [-0.15, -0.1) is 0 Å². The zero-order chi connectivity index (χ0) is 12.9. The summed E-state index contributed by atoms with van der Waals surface area (Å²) in [6.07, 6.45) is 0. The Balaban J connectivity index is 2.57. The fraction of sp³-hybridized carbons (Fsp3) is 0.0909. The average molecular weight is 326 g/mol. The highest BCUT2D eigenvalue weighted by atomic mass is 79.9. The van der Waals surface area contributed by atoms with Gasteiger partial charge in [-0.05, 0) is 34.1 Å². The molecule has 0 aliphatic heterocycles. The van der Waals surface area contributed by atoms with Gasteiger partial charge in [0.25, 0.3) is 0 Å². The first-order chi connectivity index (χ1) is 8.56. The molecule has 0 saturated heterocycles. The number of halogens is 2. The van der Waals surface area contributed by atoms with E-state index in [9.17, 15) is 4.79 Å². The molecule has 0 N–H and O–H groups in total. The maximum Gasteiger partial charge on any atom is 0.242 e. The lowest BCUT2D eigenvalue weighted by Crippen LogP contribution is -2.15. The van der Waals surface area contributed by atoms with Gasteiger partial charge in [-0.1, -0.05) is 11.6 Å². The molecule has 18 heavy (non-hydrogen) atoms. The summed E-state index contributed by atoms with van der Waals surface area (Å²) in [6, 6.07) is 5.17. The van der Waals surface area contributed by atoms with Crippen molar-refractivity contribution in [3.63, 3.8) is 0 Å². The fourth-order valence-corrected chi connectivity index (χ4v) is 2.31. The lowest BCUT2D eigenvalue weighted by atomic mass is 10.3. The molecule has 0 atom stereocenters. The fourth-order valence-electron chi connectivity index (χ4n) is 1.72. The SMILES string of the molecule is Cn1nc(Br)c(=O)c2nc3cc(Cl)ccc3nc21. The number of hydrogen-bond donors (Lipinski definition) is 0. The molecule has 0 fully saturated rings. The van der Waals surface area contributed by atoms with Crippen molar-refractivity contribution in [1.29, 1.82) is 0 Å². The van der Waals surface area contributed by atoms with Crippen molar-refractivity contribution in [2.75, 3.05) is 0 Å². The maximum absolute atomic E-state index is 12.0. The van der Waals surface area contributed by atoms with E-state index in [4.69, 9.17) is 11.6 Å². The number of hydrogen-bond acceptors (Lipinski definition) is 4. The van der Waals surface area contributed by atoms with Crippen LogP contribution in [0.15, 0.2) is 27.6 Å². The smallest absolute Gasteiger partial charge is 0.242 e. The summed E-state index contributed by atoms with van der Waals surface area (Å²) >= 11 is 9.01. The van der Waals surface area contributed by atoms with Gasteiger partial charge in [0, 0.05) is 12.1 Å². The van der Waals surface area contributed by atoms with Crippen LogP contribution in [0.3, 0.4) is 0 Å². The van der Waals surface area contributed by atoms with Gasteiger partial charge in [-0.3, -0.25) is 4.79 Å². The zero-order valence-electron chi connectivity index (χ0n) is 9.19. The molecule has 90 valence electrons. The molecule has 3 aromatic rings. The lowest BCUT2D eigenvalue weighted by molar-refractivity contribution is 0.749. The molecule has 2 heterocycles. The van der Waals surface area contributed by atoms with E-state index in [2.05, 4.69) is 31.0 Å². The Hall–Kier alpha value is -1.53. The number of rotatable bonds is 0. The van der Waals surface area contributed by atoms with Crippen molar-refractivity contribution in [3.05, 3.63) is 38.0 Å². The van der Waals surface area contributed by atoms with Crippen LogP contribution >= 0.6 is 27.5 Å². The molecule has 5 nitrogen and oxygen atoms in total. The van der Waals surface area contributed by atoms with Gasteiger partial charge >= 0.3 is 0 Å². The van der Waals surface area contributed by atoms with Crippen molar-refractivity contribution in [2.24, 2.45) is 7.05 Å². The molecule has 7 heteroatoms. The number of aryl methyl sites for hydroxylation is 1. The van der Waals surface area contributed by atoms with Gasteiger partial charge in [0.1, 0.15) is 0 Å². The van der Waals surface area contributed by atoms with Crippen molar-refractivity contribution in [2.45, 2.75) is 0 Å². The van der Waals surface area contributed by atoms with Gasteiger partial charge in [0.2, 0.25) is 5.43 Å². The minimum Gasteiger partial charge on any atom is -0.284 e. The van der Waals surface area contributed by atoms with E-state index in [0.717, 1.165) is 0 Å². The predicted molar refractivity (Wildman–Crippen MR) is 72.8 cm³/mol. The first-order valence-corrected chi connectivity index (χ1v) is 6.23. The molecule has 0 bridgehead atoms. The highest BCUT2D eigenvalue weighted by Crippen LogP contribution is 2.18. The summed E-state index contributed by atoms with van der Waals surface area (Å²) in [7, 11) is 1.71. The molecule has 0 saturated carbocycles. The van der Waals surface area contributed by atoms with Crippen molar-refractivity contribution < 1.29 is 0 Å². The van der Waals surface area contributed by atoms with E-state index in [1.807, 2.05) is 0 Å². The van der Waals surface area contributed by atoms with Crippen LogP contribution in [0.2, 0.25) is 5.02 Å². The van der Waals surface area contributed by atoms with Gasteiger partial charge in [-0.2, -0.15) is 5.10 Å². The van der Waals surface area contributed by atoms with Gasteiger partial charge in [-0.25, -0.2) is 14.6 Å². The monoisotopic (exact) mass is 324 g/mol. The van der Waals surface area contributed by atoms with Crippen molar-refractivity contribution >= 4 is 49.7 Å². The Morgan fingerprint density at radius 2 is 2.06 bits per heavy atom. The molecule has 0 radical (unpaired) electrons. The van der Waals surface area contributed by atoms with Crippen LogP contribution in [-0.4, -0.2) is 19.7 Å². The Morgan fingerprint density at radius 1 is 1.28 bits per heavy atom. The summed E-state index contributed by atoms with van der Waals surface area (Å²) in [6.45, 7) is 0. The second-order valence-electron chi connectivity index (χ2n) is 3.77. The van der Waals surface area contributed by atoms with E-state index in [0.29, 0.717) is 21.7 Å². The number of nitrogens with zero attached hydrogens (tertiary/aromatic N) is 4. The van der Waals surface area contributed by atoms with Crippen molar-refractivity contribution in [1.82, 2.24) is 19.7 Å². The first kappa shape index (κ1) is 11.6. The van der Waals surface area contributed by atoms with E-state index in [1.54, 1.807) is 25.2 Å². The van der Waals surface area contributed by atoms with Gasteiger partial charge in [0.15, 0.2) is 15.8 Å². The van der Waals surface area contributed by atoms with Crippen LogP contribution in [0.1, 0.15) is 0 Å². The van der Waals surface area contributed by atoms with E-state index in [-0.39, 0.29) is 15.5 Å². The van der Waals surface area contributed by atoms with E-state index < -0.39 is 0 Å². The van der Waals surface area contributed by atoms with Crippen LogP contribution in [0.4, 0.5) is 0 Å². The quantitative estimate of drug-likeness (QED) is 0.595. The first-order valence-electron chi connectivity index (χ1n) is 5.06. The van der Waals surface area contributed by atoms with E-state index >= 15 is 0 Å². The third kappa shape index (κ3) is 1.69. The molecule has 0 amide bonds. The molecule has 0 unspecified atom stereocenters. The van der Waals surface area contributed by atoms with Gasteiger partial charge in [0.05, 0.1) is 11.0 Å². The molecule has 0 aliphatic carbocycles. The van der Waals surface area contributed by atoms with Gasteiger partial charge < -0.3 is 0 Å². The molecule has 2 aromatic heterocycles. The molecule has 0 spiro atoms. The topological polar surface area (TPSA) is 60.7 Å². The Kier molecular flexibility index (Phi) is 2.57. The van der Waals surface area contributed by atoms with Crippen LogP contribution in [0.5, 0.6) is 0 Å². The summed E-state index contributed by atoms with van der Waals surface area (Å²) in [5, 5.41) is 4.57. The summed E-state index contributed by atoms with van der Waals surface area (Å²) in [4.78, 5) is 20.6.